The molecule has 102 valence electrons. The lowest BCUT2D eigenvalue weighted by molar-refractivity contribution is 0.431. The van der Waals surface area contributed by atoms with E-state index in [1.807, 2.05) is 0 Å². The lowest BCUT2D eigenvalue weighted by atomic mass is 10.5. The Balaban J connectivity index is 2.22. The van der Waals surface area contributed by atoms with Crippen molar-refractivity contribution in [1.82, 2.24) is 4.31 Å². The highest BCUT2D eigenvalue weighted by Crippen LogP contribution is 2.23. The van der Waals surface area contributed by atoms with Crippen molar-refractivity contribution in [2.75, 3.05) is 24.6 Å². The molecule has 1 aromatic heterocycles. The fourth-order valence-corrected chi connectivity index (χ4v) is 5.71. The highest BCUT2D eigenvalue weighted by Gasteiger charge is 2.31. The molecule has 1 aromatic rings. The summed E-state index contributed by atoms with van der Waals surface area (Å²) < 4.78 is 48.2. The van der Waals surface area contributed by atoms with Gasteiger partial charge in [0.2, 0.25) is 10.0 Å². The van der Waals surface area contributed by atoms with Crippen molar-refractivity contribution in [3.8, 4) is 0 Å². The molecule has 0 radical (unpaired) electrons. The van der Waals surface area contributed by atoms with Crippen molar-refractivity contribution in [2.24, 2.45) is 5.73 Å². The van der Waals surface area contributed by atoms with Crippen LogP contribution in [-0.4, -0.2) is 45.7 Å². The second-order valence-electron chi connectivity index (χ2n) is 4.01. The predicted molar refractivity (Wildman–Crippen MR) is 69.6 cm³/mol. The molecule has 0 unspecified atom stereocenters. The second-order valence-corrected chi connectivity index (χ2v) is 9.25. The van der Waals surface area contributed by atoms with E-state index in [2.05, 4.69) is 0 Å². The number of nitrogens with zero attached hydrogens (tertiary/aromatic N) is 1. The molecule has 0 spiro atoms. The third kappa shape index (κ3) is 2.75. The van der Waals surface area contributed by atoms with E-state index < -0.39 is 19.9 Å². The highest BCUT2D eigenvalue weighted by molar-refractivity contribution is 7.92. The summed E-state index contributed by atoms with van der Waals surface area (Å²) in [6, 6.07) is 1.54. The summed E-state index contributed by atoms with van der Waals surface area (Å²) in [6.07, 6.45) is 0. The summed E-state index contributed by atoms with van der Waals surface area (Å²) in [7, 11) is -6.66. The zero-order valence-electron chi connectivity index (χ0n) is 9.57. The average molecular weight is 310 g/mol. The van der Waals surface area contributed by atoms with Gasteiger partial charge in [0, 0.05) is 29.9 Å². The van der Waals surface area contributed by atoms with Gasteiger partial charge in [0.25, 0.3) is 0 Å². The first kappa shape index (κ1) is 13.9. The lowest BCUT2D eigenvalue weighted by Gasteiger charge is -2.25. The molecule has 0 saturated carbocycles. The fraction of sp³-hybridized carbons (Fsp3) is 0.556. The van der Waals surface area contributed by atoms with E-state index in [0.29, 0.717) is 6.54 Å². The monoisotopic (exact) mass is 310 g/mol. The van der Waals surface area contributed by atoms with Crippen molar-refractivity contribution >= 4 is 31.2 Å². The minimum atomic E-state index is -3.58. The van der Waals surface area contributed by atoms with Crippen molar-refractivity contribution in [1.29, 1.82) is 0 Å². The van der Waals surface area contributed by atoms with Crippen LogP contribution in [0.3, 0.4) is 0 Å². The van der Waals surface area contributed by atoms with Gasteiger partial charge in [-0.2, -0.15) is 4.31 Å². The van der Waals surface area contributed by atoms with Crippen molar-refractivity contribution in [2.45, 2.75) is 11.4 Å². The van der Waals surface area contributed by atoms with E-state index in [9.17, 15) is 16.8 Å². The smallest absolute Gasteiger partial charge is 0.243 e. The molecule has 2 rings (SSSR count). The SMILES string of the molecule is NCc1cc(S(=O)(=O)N2CCS(=O)(=O)CC2)cs1. The van der Waals surface area contributed by atoms with Crippen LogP contribution in [0.5, 0.6) is 0 Å². The molecule has 18 heavy (non-hydrogen) atoms. The average Bonchev–Trinajstić information content (AvgIpc) is 2.77. The quantitative estimate of drug-likeness (QED) is 0.821. The molecule has 0 aromatic carbocycles. The van der Waals surface area contributed by atoms with Gasteiger partial charge < -0.3 is 5.73 Å². The molecule has 0 aliphatic carbocycles. The van der Waals surface area contributed by atoms with E-state index in [1.54, 1.807) is 11.4 Å². The summed E-state index contributed by atoms with van der Waals surface area (Å²) >= 11 is 1.29. The molecule has 0 atom stereocenters. The predicted octanol–water partition coefficient (Wildman–Crippen LogP) is -0.374. The molecule has 1 aliphatic heterocycles. The van der Waals surface area contributed by atoms with Gasteiger partial charge in [-0.3, -0.25) is 0 Å². The Labute approximate surface area is 110 Å². The number of nitrogens with two attached hydrogens (primary N) is 1. The minimum Gasteiger partial charge on any atom is -0.326 e. The van der Waals surface area contributed by atoms with E-state index >= 15 is 0 Å². The Morgan fingerprint density at radius 1 is 1.33 bits per heavy atom. The summed E-state index contributed by atoms with van der Waals surface area (Å²) in [5.41, 5.74) is 5.44. The van der Waals surface area contributed by atoms with Gasteiger partial charge in [-0.05, 0) is 6.07 Å². The minimum absolute atomic E-state index is 0.0263. The molecule has 1 aliphatic rings. The Morgan fingerprint density at radius 3 is 2.44 bits per heavy atom. The lowest BCUT2D eigenvalue weighted by Crippen LogP contribution is -2.43. The van der Waals surface area contributed by atoms with Gasteiger partial charge in [0.05, 0.1) is 16.4 Å². The molecule has 1 saturated heterocycles. The zero-order chi connectivity index (χ0) is 13.4. The van der Waals surface area contributed by atoms with Crippen molar-refractivity contribution in [3.63, 3.8) is 0 Å². The second kappa shape index (κ2) is 4.89. The summed E-state index contributed by atoms with van der Waals surface area (Å²) in [4.78, 5) is 0.991. The molecular weight excluding hydrogens is 296 g/mol. The number of hydrogen-bond acceptors (Lipinski definition) is 6. The molecule has 0 bridgehead atoms. The first-order valence-electron chi connectivity index (χ1n) is 5.33. The highest BCUT2D eigenvalue weighted by atomic mass is 32.2. The zero-order valence-corrected chi connectivity index (χ0v) is 12.0. The van der Waals surface area contributed by atoms with Crippen LogP contribution in [0.2, 0.25) is 0 Å². The first-order valence-corrected chi connectivity index (χ1v) is 9.47. The van der Waals surface area contributed by atoms with E-state index in [1.165, 1.54) is 15.6 Å². The number of thiophene rings is 1. The third-order valence-electron chi connectivity index (χ3n) is 2.77. The van der Waals surface area contributed by atoms with Crippen LogP contribution in [0.1, 0.15) is 4.88 Å². The Kier molecular flexibility index (Phi) is 3.79. The standard InChI is InChI=1S/C9H14N2O4S3/c10-6-8-5-9(7-16-8)18(14,15)11-1-3-17(12,13)4-2-11/h5,7H,1-4,6,10H2. The third-order valence-corrected chi connectivity index (χ3v) is 7.37. The first-order chi connectivity index (χ1) is 8.35. The van der Waals surface area contributed by atoms with Crippen LogP contribution >= 0.6 is 11.3 Å². The normalized spacial score (nSPS) is 20.9. The maximum atomic E-state index is 12.2. The summed E-state index contributed by atoms with van der Waals surface area (Å²) in [5.74, 6) is -0.222. The Bertz CT molecular complexity index is 619. The van der Waals surface area contributed by atoms with Crippen LogP contribution in [0.25, 0.3) is 0 Å². The topological polar surface area (TPSA) is 97.5 Å². The summed E-state index contributed by atoms with van der Waals surface area (Å²) in [5, 5.41) is 1.54. The molecular formula is C9H14N2O4S3. The molecule has 1 fully saturated rings. The molecule has 0 amide bonds. The number of rotatable bonds is 3. The molecule has 2 N–H and O–H groups in total. The summed E-state index contributed by atoms with van der Waals surface area (Å²) in [6.45, 7) is 0.353. The Hall–Kier alpha value is -0.480. The maximum absolute atomic E-state index is 12.2. The van der Waals surface area contributed by atoms with Crippen molar-refractivity contribution < 1.29 is 16.8 Å². The van der Waals surface area contributed by atoms with E-state index in [4.69, 9.17) is 5.73 Å². The van der Waals surface area contributed by atoms with Crippen molar-refractivity contribution in [3.05, 3.63) is 16.3 Å². The van der Waals surface area contributed by atoms with Gasteiger partial charge in [-0.15, -0.1) is 11.3 Å². The van der Waals surface area contributed by atoms with Gasteiger partial charge in [0.1, 0.15) is 0 Å². The molecule has 2 heterocycles. The maximum Gasteiger partial charge on any atom is 0.243 e. The van der Waals surface area contributed by atoms with Gasteiger partial charge in [-0.1, -0.05) is 0 Å². The van der Waals surface area contributed by atoms with Gasteiger partial charge >= 0.3 is 0 Å². The Morgan fingerprint density at radius 2 is 1.94 bits per heavy atom. The van der Waals surface area contributed by atoms with E-state index in [-0.39, 0.29) is 29.5 Å². The molecule has 6 nitrogen and oxygen atoms in total. The number of hydrogen-bond donors (Lipinski definition) is 1. The van der Waals surface area contributed by atoms with Gasteiger partial charge in [0.15, 0.2) is 9.84 Å². The number of sulfone groups is 1. The van der Waals surface area contributed by atoms with Gasteiger partial charge in [-0.25, -0.2) is 16.8 Å². The molecule has 9 heteroatoms. The van der Waals surface area contributed by atoms with Crippen LogP contribution < -0.4 is 5.73 Å². The van der Waals surface area contributed by atoms with Crippen LogP contribution in [0, 0.1) is 0 Å². The fourth-order valence-electron chi connectivity index (χ4n) is 1.69. The van der Waals surface area contributed by atoms with E-state index in [0.717, 1.165) is 4.88 Å². The van der Waals surface area contributed by atoms with Crippen LogP contribution in [0.4, 0.5) is 0 Å². The van der Waals surface area contributed by atoms with Crippen LogP contribution in [-0.2, 0) is 26.4 Å². The largest absolute Gasteiger partial charge is 0.326 e. The van der Waals surface area contributed by atoms with Crippen LogP contribution in [0.15, 0.2) is 16.3 Å². The number of sulfonamides is 1.